The summed E-state index contributed by atoms with van der Waals surface area (Å²) in [7, 11) is 1.59. The highest BCUT2D eigenvalue weighted by atomic mass is 35.5. The highest BCUT2D eigenvalue weighted by Crippen LogP contribution is 2.55. The summed E-state index contributed by atoms with van der Waals surface area (Å²) in [5.74, 6) is 0.533. The maximum Gasteiger partial charge on any atom is 0.407 e. The first-order chi connectivity index (χ1) is 16.8. The summed E-state index contributed by atoms with van der Waals surface area (Å²) >= 11 is 6.93. The van der Waals surface area contributed by atoms with Gasteiger partial charge in [0.1, 0.15) is 5.69 Å². The predicted octanol–water partition coefficient (Wildman–Crippen LogP) is 5.08. The van der Waals surface area contributed by atoms with Gasteiger partial charge in [-0.3, -0.25) is 9.78 Å². The number of rotatable bonds is 4. The van der Waals surface area contributed by atoms with Crippen LogP contribution in [0, 0.1) is 19.3 Å². The zero-order valence-corrected chi connectivity index (χ0v) is 20.4. The molecule has 2 N–H and O–H groups in total. The van der Waals surface area contributed by atoms with Crippen molar-refractivity contribution in [2.24, 2.45) is 5.41 Å². The van der Waals surface area contributed by atoms with Gasteiger partial charge in [0.25, 0.3) is 0 Å². The molecule has 0 atom stereocenters. The number of amides is 1. The first-order valence-corrected chi connectivity index (χ1v) is 11.9. The summed E-state index contributed by atoms with van der Waals surface area (Å²) < 4.78 is 7.34. The molecule has 1 aromatic carbocycles. The number of aromatic nitrogens is 5. The van der Waals surface area contributed by atoms with E-state index in [1.807, 2.05) is 25.1 Å². The Bertz CT molecular complexity index is 1460. The fourth-order valence-corrected chi connectivity index (χ4v) is 5.98. The van der Waals surface area contributed by atoms with Crippen molar-refractivity contribution >= 4 is 28.6 Å². The van der Waals surface area contributed by atoms with E-state index < -0.39 is 6.09 Å². The molecule has 4 aromatic rings. The molecular weight excluding hydrogens is 468 g/mol. The van der Waals surface area contributed by atoms with Crippen LogP contribution in [0.4, 0.5) is 4.79 Å². The molecule has 2 fully saturated rings. The van der Waals surface area contributed by atoms with Crippen molar-refractivity contribution in [1.82, 2.24) is 29.9 Å². The number of carbonyl (C=O) groups is 1. The molecule has 1 aliphatic carbocycles. The lowest BCUT2D eigenvalue weighted by Gasteiger charge is -2.58. The number of ether oxygens (including phenoxy) is 1. The van der Waals surface area contributed by atoms with Gasteiger partial charge in [-0.05, 0) is 44.4 Å². The Labute approximate surface area is 206 Å². The van der Waals surface area contributed by atoms with Crippen molar-refractivity contribution in [2.45, 2.75) is 32.7 Å². The van der Waals surface area contributed by atoms with E-state index in [0.717, 1.165) is 57.4 Å². The Hall–Kier alpha value is -3.59. The first kappa shape index (κ1) is 21.9. The van der Waals surface area contributed by atoms with Crippen molar-refractivity contribution in [2.75, 3.05) is 20.2 Å². The molecule has 1 spiro atoms. The molecule has 0 bridgehead atoms. The van der Waals surface area contributed by atoms with E-state index in [9.17, 15) is 9.90 Å². The zero-order valence-electron chi connectivity index (χ0n) is 19.7. The third-order valence-electron chi connectivity index (χ3n) is 7.49. The van der Waals surface area contributed by atoms with Crippen molar-refractivity contribution in [1.29, 1.82) is 0 Å². The fourth-order valence-electron chi connectivity index (χ4n) is 5.73. The van der Waals surface area contributed by atoms with Crippen LogP contribution in [0.2, 0.25) is 5.02 Å². The van der Waals surface area contributed by atoms with Gasteiger partial charge < -0.3 is 14.7 Å². The Balaban J connectivity index is 1.47. The third-order valence-corrected chi connectivity index (χ3v) is 7.98. The van der Waals surface area contributed by atoms with E-state index in [1.54, 1.807) is 19.5 Å². The molecule has 0 radical (unpaired) electrons. The molecular formula is C25H25ClN6O3. The largest absolute Gasteiger partial charge is 0.481 e. The molecule has 3 aromatic heterocycles. The van der Waals surface area contributed by atoms with E-state index in [1.165, 1.54) is 4.90 Å². The van der Waals surface area contributed by atoms with Crippen molar-refractivity contribution in [3.63, 3.8) is 0 Å². The number of H-pyrrole nitrogens is 1. The molecule has 10 heteroatoms. The standard InChI is InChI=1S/C25H25ClN6O3/c1-13-6-18-17(10-28-29-18)21(22(13)26)20-14(2)32(16-7-25(8-16)11-31(12-25)24(33)34)30-23(20)15-4-5-19(35-3)27-9-15/h4-6,9-10,16H,7-8,11-12H2,1-3H3,(H,28,29)(H,33,34). The molecule has 4 heterocycles. The number of methoxy groups -OCH3 is 1. The van der Waals surface area contributed by atoms with Gasteiger partial charge in [0.2, 0.25) is 5.88 Å². The minimum atomic E-state index is -0.843. The van der Waals surface area contributed by atoms with Crippen LogP contribution < -0.4 is 4.74 Å². The van der Waals surface area contributed by atoms with Crippen LogP contribution in [-0.4, -0.2) is 61.3 Å². The molecule has 6 rings (SSSR count). The van der Waals surface area contributed by atoms with E-state index in [4.69, 9.17) is 21.4 Å². The lowest BCUT2D eigenvalue weighted by atomic mass is 9.61. The maximum absolute atomic E-state index is 11.2. The van der Waals surface area contributed by atoms with Crippen LogP contribution in [0.5, 0.6) is 5.88 Å². The number of halogens is 1. The van der Waals surface area contributed by atoms with E-state index in [-0.39, 0.29) is 11.5 Å². The van der Waals surface area contributed by atoms with E-state index in [2.05, 4.69) is 26.8 Å². The number of carboxylic acid groups (broad SMARTS) is 1. The number of nitrogens with one attached hydrogen (secondary N) is 1. The van der Waals surface area contributed by atoms with Crippen molar-refractivity contribution in [3.8, 4) is 28.3 Å². The van der Waals surface area contributed by atoms with Crippen molar-refractivity contribution in [3.05, 3.63) is 46.9 Å². The number of fused-ring (bicyclic) bond motifs is 1. The fraction of sp³-hybridized carbons (Fsp3) is 0.360. The summed E-state index contributed by atoms with van der Waals surface area (Å²) in [5, 5.41) is 23.3. The van der Waals surface area contributed by atoms with E-state index >= 15 is 0 Å². The van der Waals surface area contributed by atoms with Gasteiger partial charge in [-0.15, -0.1) is 0 Å². The minimum Gasteiger partial charge on any atom is -0.481 e. The maximum atomic E-state index is 11.2. The molecule has 2 aliphatic rings. The summed E-state index contributed by atoms with van der Waals surface area (Å²) in [6, 6.07) is 5.99. The molecule has 1 saturated carbocycles. The molecule has 1 aliphatic heterocycles. The van der Waals surface area contributed by atoms with Crippen LogP contribution in [0.15, 0.2) is 30.6 Å². The smallest absolute Gasteiger partial charge is 0.407 e. The zero-order chi connectivity index (χ0) is 24.5. The molecule has 0 unspecified atom stereocenters. The lowest BCUT2D eigenvalue weighted by molar-refractivity contribution is -0.0775. The summed E-state index contributed by atoms with van der Waals surface area (Å²) in [6.07, 6.45) is 4.53. The predicted molar refractivity (Wildman–Crippen MR) is 132 cm³/mol. The molecule has 1 amide bonds. The highest BCUT2D eigenvalue weighted by molar-refractivity contribution is 6.36. The topological polar surface area (TPSA) is 109 Å². The lowest BCUT2D eigenvalue weighted by Crippen LogP contribution is -2.63. The summed E-state index contributed by atoms with van der Waals surface area (Å²) in [5.41, 5.74) is 6.48. The third kappa shape index (κ3) is 3.29. The van der Waals surface area contributed by atoms with E-state index in [0.29, 0.717) is 24.0 Å². The van der Waals surface area contributed by atoms with Crippen molar-refractivity contribution < 1.29 is 14.6 Å². The van der Waals surface area contributed by atoms with Gasteiger partial charge in [-0.1, -0.05) is 11.6 Å². The molecule has 180 valence electrons. The number of benzene rings is 1. The SMILES string of the molecule is COc1ccc(-c2nn(C3CC4(C3)CN(C(=O)O)C4)c(C)c2-c2c(Cl)c(C)cc3[nH]ncc23)cn1. The normalized spacial score (nSPS) is 17.0. The number of hydrogen-bond donors (Lipinski definition) is 2. The number of likely N-dealkylation sites (tertiary alicyclic amines) is 1. The first-order valence-electron chi connectivity index (χ1n) is 11.5. The Morgan fingerprint density at radius 2 is 2.00 bits per heavy atom. The number of nitrogens with zero attached hydrogens (tertiary/aromatic N) is 5. The van der Waals surface area contributed by atoms with Gasteiger partial charge in [0.05, 0.1) is 29.9 Å². The molecule has 9 nitrogen and oxygen atoms in total. The second-order valence-corrected chi connectivity index (χ2v) is 10.1. The second-order valence-electron chi connectivity index (χ2n) is 9.76. The van der Waals surface area contributed by atoms with Gasteiger partial charge in [0, 0.05) is 58.5 Å². The second kappa shape index (κ2) is 7.71. The Morgan fingerprint density at radius 3 is 2.66 bits per heavy atom. The van der Waals surface area contributed by atoms with Crippen LogP contribution >= 0.6 is 11.6 Å². The highest BCUT2D eigenvalue weighted by Gasteiger charge is 2.55. The minimum absolute atomic E-state index is 0.0717. The Morgan fingerprint density at radius 1 is 1.23 bits per heavy atom. The van der Waals surface area contributed by atoms with Gasteiger partial charge in [-0.25, -0.2) is 9.78 Å². The monoisotopic (exact) mass is 492 g/mol. The number of pyridine rings is 1. The number of hydrogen-bond acceptors (Lipinski definition) is 5. The van der Waals surface area contributed by atoms with Crippen LogP contribution in [0.25, 0.3) is 33.3 Å². The van der Waals surface area contributed by atoms with Gasteiger partial charge >= 0.3 is 6.09 Å². The number of aromatic amines is 1. The van der Waals surface area contributed by atoms with Crippen LogP contribution in [0.1, 0.15) is 30.1 Å². The summed E-state index contributed by atoms with van der Waals surface area (Å²) in [6.45, 7) is 5.25. The number of aryl methyl sites for hydroxylation is 1. The summed E-state index contributed by atoms with van der Waals surface area (Å²) in [4.78, 5) is 17.1. The molecule has 1 saturated heterocycles. The van der Waals surface area contributed by atoms with Gasteiger partial charge in [0.15, 0.2) is 0 Å². The van der Waals surface area contributed by atoms with Gasteiger partial charge in [-0.2, -0.15) is 10.2 Å². The average Bonchev–Trinajstić information content (AvgIpc) is 3.37. The quantitative estimate of drug-likeness (QED) is 0.411. The van der Waals surface area contributed by atoms with Crippen LogP contribution in [-0.2, 0) is 0 Å². The average molecular weight is 493 g/mol. The molecule has 35 heavy (non-hydrogen) atoms. The van der Waals surface area contributed by atoms with Crippen LogP contribution in [0.3, 0.4) is 0 Å². The Kier molecular flexibility index (Phi) is 4.83.